The summed E-state index contributed by atoms with van der Waals surface area (Å²) in [6.07, 6.45) is 1.33. The van der Waals surface area contributed by atoms with Gasteiger partial charge in [0.25, 0.3) is 0 Å². The first-order valence-corrected chi connectivity index (χ1v) is 4.24. The van der Waals surface area contributed by atoms with Crippen molar-refractivity contribution in [1.82, 2.24) is 10.5 Å². The predicted molar refractivity (Wildman–Crippen MR) is 47.7 cm³/mol. The van der Waals surface area contributed by atoms with Crippen molar-refractivity contribution in [2.75, 3.05) is 13.1 Å². The van der Waals surface area contributed by atoms with Crippen LogP contribution in [0.25, 0.3) is 0 Å². The molecule has 0 aromatic rings. The number of hydrogen-bond acceptors (Lipinski definition) is 4. The molecule has 1 unspecified atom stereocenters. The van der Waals surface area contributed by atoms with Crippen molar-refractivity contribution in [1.29, 1.82) is 0 Å². The van der Waals surface area contributed by atoms with E-state index in [9.17, 15) is 10.4 Å². The second kappa shape index (κ2) is 4.22. The number of nitrogens with one attached hydrogen (secondary N) is 2. The van der Waals surface area contributed by atoms with Crippen molar-refractivity contribution in [2.45, 2.75) is 13.8 Å². The molecular weight excluding hydrogens is 172 g/mol. The Morgan fingerprint density at radius 1 is 1.69 bits per heavy atom. The van der Waals surface area contributed by atoms with Crippen LogP contribution in [-0.2, 0) is 0 Å². The monoisotopic (exact) mass is 186 g/mol. The van der Waals surface area contributed by atoms with Gasteiger partial charge in [0.05, 0.1) is 0 Å². The summed E-state index contributed by atoms with van der Waals surface area (Å²) < 4.78 is 0. The van der Waals surface area contributed by atoms with E-state index in [0.29, 0.717) is 29.8 Å². The van der Waals surface area contributed by atoms with E-state index in [1.54, 1.807) is 0 Å². The molecular formula is C7H14N4O2. The smallest absolute Gasteiger partial charge is 0.234 e. The molecule has 0 aromatic carbocycles. The molecule has 0 bridgehead atoms. The summed E-state index contributed by atoms with van der Waals surface area (Å²) in [6, 6.07) is 0. The van der Waals surface area contributed by atoms with Crippen LogP contribution in [0, 0.1) is 5.21 Å². The third kappa shape index (κ3) is 1.97. The molecule has 1 aliphatic heterocycles. The summed E-state index contributed by atoms with van der Waals surface area (Å²) in [4.78, 5) is 4.00. The molecule has 0 aliphatic carbocycles. The minimum atomic E-state index is -0.455. The zero-order valence-corrected chi connectivity index (χ0v) is 7.74. The fourth-order valence-corrected chi connectivity index (χ4v) is 1.09. The van der Waals surface area contributed by atoms with Gasteiger partial charge in [-0.05, 0) is 13.8 Å². The Hall–Kier alpha value is -1.11. The summed E-state index contributed by atoms with van der Waals surface area (Å²) in [5, 5.41) is 23.3. The predicted octanol–water partition coefficient (Wildman–Crippen LogP) is -1.14. The molecule has 74 valence electrons. The minimum Gasteiger partial charge on any atom is -0.601 e. The number of aliphatic imine (C=N–C) groups is 1. The molecule has 0 spiro atoms. The Labute approximate surface area is 76.7 Å². The molecule has 0 fully saturated rings. The highest BCUT2D eigenvalue weighted by Gasteiger charge is 2.27. The normalized spacial score (nSPS) is 25.2. The lowest BCUT2D eigenvalue weighted by Gasteiger charge is -2.19. The van der Waals surface area contributed by atoms with Crippen LogP contribution in [0.2, 0.25) is 0 Å². The summed E-state index contributed by atoms with van der Waals surface area (Å²) in [5.74, 6) is 0.300. The van der Waals surface area contributed by atoms with E-state index in [2.05, 4.69) is 10.3 Å². The fraction of sp³-hybridized carbons (Fsp3) is 0.571. The van der Waals surface area contributed by atoms with E-state index in [1.807, 2.05) is 13.8 Å². The number of likely N-dealkylation sites (N-methyl/N-ethyl adjacent to an activating group) is 1. The molecule has 1 rings (SSSR count). The second-order valence-electron chi connectivity index (χ2n) is 2.54. The van der Waals surface area contributed by atoms with Gasteiger partial charge in [-0.3, -0.25) is 4.99 Å². The quantitative estimate of drug-likeness (QED) is 0.487. The van der Waals surface area contributed by atoms with Gasteiger partial charge < -0.3 is 10.5 Å². The van der Waals surface area contributed by atoms with E-state index in [4.69, 9.17) is 0 Å². The van der Waals surface area contributed by atoms with Crippen molar-refractivity contribution in [3.63, 3.8) is 0 Å². The van der Waals surface area contributed by atoms with E-state index < -0.39 is 5.17 Å². The van der Waals surface area contributed by atoms with E-state index in [0.717, 1.165) is 0 Å². The van der Waals surface area contributed by atoms with Crippen LogP contribution in [0.3, 0.4) is 0 Å². The lowest BCUT2D eigenvalue weighted by molar-refractivity contribution is -0.945. The van der Waals surface area contributed by atoms with Crippen molar-refractivity contribution in [3.05, 3.63) is 17.1 Å². The number of hydrogen-bond donors (Lipinski definition) is 3. The highest BCUT2D eigenvalue weighted by molar-refractivity contribution is 5.96. The van der Waals surface area contributed by atoms with Crippen LogP contribution >= 0.6 is 0 Å². The molecule has 0 radical (unpaired) electrons. The first-order chi connectivity index (χ1) is 6.20. The van der Waals surface area contributed by atoms with Gasteiger partial charge in [-0.1, -0.05) is 5.17 Å². The molecule has 6 heteroatoms. The van der Waals surface area contributed by atoms with E-state index in [1.165, 1.54) is 6.20 Å². The topological polar surface area (TPSA) is 75.4 Å². The summed E-state index contributed by atoms with van der Waals surface area (Å²) >= 11 is 0. The van der Waals surface area contributed by atoms with Gasteiger partial charge in [-0.25, -0.2) is 10.4 Å². The number of nitrogens with zero attached hydrogens (tertiary/aromatic N) is 2. The van der Waals surface area contributed by atoms with Crippen molar-refractivity contribution >= 4 is 5.84 Å². The second-order valence-corrected chi connectivity index (χ2v) is 2.54. The zero-order valence-electron chi connectivity index (χ0n) is 7.74. The van der Waals surface area contributed by atoms with Gasteiger partial charge in [-0.15, -0.1) is 0 Å². The molecule has 0 aromatic heterocycles. The molecule has 1 heterocycles. The lowest BCUT2D eigenvalue weighted by Crippen LogP contribution is -3.08. The van der Waals surface area contributed by atoms with Gasteiger partial charge in [0, 0.05) is 13.1 Å². The Balaban J connectivity index is 2.80. The lowest BCUT2D eigenvalue weighted by atomic mass is 10.4. The van der Waals surface area contributed by atoms with Crippen LogP contribution in [0.15, 0.2) is 16.9 Å². The maximum atomic E-state index is 11.0. The maximum absolute atomic E-state index is 11.0. The van der Waals surface area contributed by atoms with Crippen LogP contribution in [-0.4, -0.2) is 29.3 Å². The summed E-state index contributed by atoms with van der Waals surface area (Å²) in [5.41, 5.74) is 0.580. The first-order valence-electron chi connectivity index (χ1n) is 4.24. The van der Waals surface area contributed by atoms with Crippen LogP contribution in [0.1, 0.15) is 13.8 Å². The largest absolute Gasteiger partial charge is 0.601 e. The van der Waals surface area contributed by atoms with Crippen molar-refractivity contribution in [2.24, 2.45) is 4.99 Å². The number of amidine groups is 1. The van der Waals surface area contributed by atoms with Gasteiger partial charge in [-0.2, -0.15) is 0 Å². The fourth-order valence-electron chi connectivity index (χ4n) is 1.09. The first kappa shape index (κ1) is 9.97. The standard InChI is InChI=1S/C7H14N4O2/c1-3-8-6-5-10(12)11(13)7(6)9-4-2/h5,8,10,13H,3-4H2,1-2H3. The molecule has 0 saturated heterocycles. The molecule has 3 N–H and O–H groups in total. The summed E-state index contributed by atoms with van der Waals surface area (Å²) in [7, 11) is 0. The summed E-state index contributed by atoms with van der Waals surface area (Å²) in [6.45, 7) is 4.97. The molecule has 13 heavy (non-hydrogen) atoms. The van der Waals surface area contributed by atoms with Gasteiger partial charge >= 0.3 is 0 Å². The third-order valence-corrected chi connectivity index (χ3v) is 1.59. The Morgan fingerprint density at radius 2 is 2.38 bits per heavy atom. The molecule has 0 saturated carbocycles. The average molecular weight is 186 g/mol. The van der Waals surface area contributed by atoms with Gasteiger partial charge in [0.2, 0.25) is 5.84 Å². The highest BCUT2D eigenvalue weighted by atomic mass is 16.7. The Kier molecular flexibility index (Phi) is 3.24. The average Bonchev–Trinajstić information content (AvgIpc) is 2.34. The molecule has 1 aliphatic rings. The Morgan fingerprint density at radius 3 is 2.92 bits per heavy atom. The Bertz CT molecular complexity index is 239. The maximum Gasteiger partial charge on any atom is 0.234 e. The van der Waals surface area contributed by atoms with Crippen LogP contribution < -0.4 is 10.5 Å². The number of hydroxylamine groups is 2. The van der Waals surface area contributed by atoms with E-state index in [-0.39, 0.29) is 0 Å². The van der Waals surface area contributed by atoms with Crippen molar-refractivity contribution < 1.29 is 10.4 Å². The van der Waals surface area contributed by atoms with Crippen LogP contribution in [0.4, 0.5) is 0 Å². The highest BCUT2D eigenvalue weighted by Crippen LogP contribution is 1.99. The zero-order chi connectivity index (χ0) is 9.84. The molecule has 1 atom stereocenters. The van der Waals surface area contributed by atoms with Crippen LogP contribution in [0.5, 0.6) is 0 Å². The SMILES string of the molecule is CCN=C1C(NCC)=C[NH+]([O-])N1O. The van der Waals surface area contributed by atoms with Gasteiger partial charge in [0.15, 0.2) is 0 Å². The van der Waals surface area contributed by atoms with Crippen molar-refractivity contribution in [3.8, 4) is 0 Å². The molecule has 0 amide bonds. The number of quaternary nitrogens is 1. The van der Waals surface area contributed by atoms with Gasteiger partial charge in [0.1, 0.15) is 11.9 Å². The molecule has 6 nitrogen and oxygen atoms in total. The number of rotatable bonds is 3. The minimum absolute atomic E-state index is 0.300. The third-order valence-electron chi connectivity index (χ3n) is 1.59. The van der Waals surface area contributed by atoms with E-state index >= 15 is 0 Å².